The van der Waals surface area contributed by atoms with Crippen molar-refractivity contribution in [1.82, 2.24) is 24.8 Å². The molecule has 0 bridgehead atoms. The van der Waals surface area contributed by atoms with Gasteiger partial charge in [0.25, 0.3) is 0 Å². The molecule has 0 aromatic carbocycles. The number of hydrogen-bond donors (Lipinski definition) is 1. The van der Waals surface area contributed by atoms with E-state index in [0.29, 0.717) is 19.4 Å². The Labute approximate surface area is 165 Å². The van der Waals surface area contributed by atoms with Crippen LogP contribution in [0.15, 0.2) is 37.1 Å². The van der Waals surface area contributed by atoms with Crippen molar-refractivity contribution in [3.8, 4) is 0 Å². The van der Waals surface area contributed by atoms with Crippen LogP contribution in [0.1, 0.15) is 36.9 Å². The Morgan fingerprint density at radius 1 is 1.18 bits per heavy atom. The van der Waals surface area contributed by atoms with Gasteiger partial charge in [-0.2, -0.15) is 0 Å². The summed E-state index contributed by atoms with van der Waals surface area (Å²) in [6.45, 7) is 3.02. The second kappa shape index (κ2) is 8.12. The number of hydrogen-bond acceptors (Lipinski definition) is 4. The van der Waals surface area contributed by atoms with Crippen LogP contribution in [0.25, 0.3) is 0 Å². The third-order valence-corrected chi connectivity index (χ3v) is 6.07. The molecule has 0 radical (unpaired) electrons. The van der Waals surface area contributed by atoms with Crippen LogP contribution in [0.2, 0.25) is 0 Å². The van der Waals surface area contributed by atoms with Crippen LogP contribution in [0, 0.1) is 5.41 Å². The number of nitrogens with zero attached hydrogens (tertiary/aromatic N) is 4. The second-order valence-electron chi connectivity index (χ2n) is 8.09. The molecule has 7 heteroatoms. The van der Waals surface area contributed by atoms with E-state index in [1.807, 2.05) is 28.1 Å². The van der Waals surface area contributed by atoms with Crippen LogP contribution in [-0.2, 0) is 22.4 Å². The molecule has 2 aromatic rings. The number of aromatic amines is 1. The Bertz CT molecular complexity index is 807. The van der Waals surface area contributed by atoms with Crippen molar-refractivity contribution in [2.75, 3.05) is 26.2 Å². The lowest BCUT2D eigenvalue weighted by atomic mass is 9.73. The highest BCUT2D eigenvalue weighted by Crippen LogP contribution is 2.39. The highest BCUT2D eigenvalue weighted by molar-refractivity contribution is 5.79. The van der Waals surface area contributed by atoms with E-state index in [9.17, 15) is 9.59 Å². The largest absolute Gasteiger partial charge is 0.348 e. The molecular weight excluding hydrogens is 354 g/mol. The number of imidazole rings is 1. The lowest BCUT2D eigenvalue weighted by Crippen LogP contribution is -2.55. The summed E-state index contributed by atoms with van der Waals surface area (Å²) in [6, 6.07) is 3.79. The van der Waals surface area contributed by atoms with Crippen LogP contribution in [0.4, 0.5) is 0 Å². The molecule has 0 saturated carbocycles. The molecule has 0 aliphatic carbocycles. The summed E-state index contributed by atoms with van der Waals surface area (Å²) in [5, 5.41) is 0. The predicted octanol–water partition coefficient (Wildman–Crippen LogP) is 1.82. The van der Waals surface area contributed by atoms with Crippen molar-refractivity contribution < 1.29 is 9.59 Å². The van der Waals surface area contributed by atoms with Crippen molar-refractivity contribution in [2.45, 2.75) is 38.5 Å². The molecule has 2 aromatic heterocycles. The number of likely N-dealkylation sites (tertiary alicyclic amines) is 2. The van der Waals surface area contributed by atoms with E-state index in [4.69, 9.17) is 0 Å². The predicted molar refractivity (Wildman–Crippen MR) is 104 cm³/mol. The molecule has 2 saturated heterocycles. The van der Waals surface area contributed by atoms with Gasteiger partial charge in [-0.1, -0.05) is 0 Å². The maximum Gasteiger partial charge on any atom is 0.227 e. The number of aromatic nitrogens is 3. The van der Waals surface area contributed by atoms with Crippen LogP contribution in [-0.4, -0.2) is 62.7 Å². The molecule has 28 heavy (non-hydrogen) atoms. The minimum absolute atomic E-state index is 0.0358. The molecule has 1 N–H and O–H groups in total. The maximum atomic E-state index is 12.8. The zero-order valence-electron chi connectivity index (χ0n) is 16.1. The summed E-state index contributed by atoms with van der Waals surface area (Å²) < 4.78 is 0. The fourth-order valence-corrected chi connectivity index (χ4v) is 4.52. The number of rotatable bonds is 5. The SMILES string of the molecule is O=C1CCC2(CCCN(C(=O)Cc3ccncc3)C2)CN1CCc1cnc[nH]1. The number of carbonyl (C=O) groups excluding carboxylic acids is 2. The van der Waals surface area contributed by atoms with Gasteiger partial charge in [0.15, 0.2) is 0 Å². The molecule has 2 aliphatic heterocycles. The Balaban J connectivity index is 1.38. The van der Waals surface area contributed by atoms with Crippen molar-refractivity contribution in [3.63, 3.8) is 0 Å². The Morgan fingerprint density at radius 3 is 2.82 bits per heavy atom. The fourth-order valence-electron chi connectivity index (χ4n) is 4.52. The van der Waals surface area contributed by atoms with Gasteiger partial charge in [-0.25, -0.2) is 4.98 Å². The molecule has 1 atom stereocenters. The van der Waals surface area contributed by atoms with E-state index in [-0.39, 0.29) is 17.2 Å². The lowest BCUT2D eigenvalue weighted by molar-refractivity contribution is -0.142. The minimum Gasteiger partial charge on any atom is -0.348 e. The third-order valence-electron chi connectivity index (χ3n) is 6.07. The second-order valence-corrected chi connectivity index (χ2v) is 8.09. The summed E-state index contributed by atoms with van der Waals surface area (Å²) in [5.74, 6) is 0.400. The number of amides is 2. The molecular formula is C21H27N5O2. The summed E-state index contributed by atoms with van der Waals surface area (Å²) in [6.07, 6.45) is 11.7. The van der Waals surface area contributed by atoms with Gasteiger partial charge < -0.3 is 14.8 Å². The van der Waals surface area contributed by atoms with E-state index in [1.54, 1.807) is 18.7 Å². The molecule has 1 spiro atoms. The van der Waals surface area contributed by atoms with E-state index >= 15 is 0 Å². The molecule has 4 rings (SSSR count). The monoisotopic (exact) mass is 381 g/mol. The summed E-state index contributed by atoms with van der Waals surface area (Å²) >= 11 is 0. The number of pyridine rings is 1. The van der Waals surface area contributed by atoms with E-state index in [1.165, 1.54) is 0 Å². The van der Waals surface area contributed by atoms with Crippen molar-refractivity contribution in [3.05, 3.63) is 48.3 Å². The summed E-state index contributed by atoms with van der Waals surface area (Å²) in [4.78, 5) is 40.4. The highest BCUT2D eigenvalue weighted by Gasteiger charge is 2.42. The maximum absolute atomic E-state index is 12.8. The zero-order valence-corrected chi connectivity index (χ0v) is 16.1. The quantitative estimate of drug-likeness (QED) is 0.857. The van der Waals surface area contributed by atoms with Crippen LogP contribution in [0.3, 0.4) is 0 Å². The smallest absolute Gasteiger partial charge is 0.227 e. The molecule has 4 heterocycles. The average molecular weight is 381 g/mol. The van der Waals surface area contributed by atoms with Gasteiger partial charge in [0.05, 0.1) is 12.7 Å². The van der Waals surface area contributed by atoms with Crippen molar-refractivity contribution >= 4 is 11.8 Å². The molecule has 1 unspecified atom stereocenters. The fraction of sp³-hybridized carbons (Fsp3) is 0.524. The molecule has 7 nitrogen and oxygen atoms in total. The Morgan fingerprint density at radius 2 is 2.04 bits per heavy atom. The standard InChI is InChI=1S/C21H27N5O2/c27-19-2-7-21(15-26(19)11-5-18-13-23-16-24-18)6-1-10-25(14-21)20(28)12-17-3-8-22-9-4-17/h3-4,8-9,13,16H,1-2,5-7,10-12,14-15H2,(H,23,24). The van der Waals surface area contributed by atoms with Gasteiger partial charge in [0, 0.05) is 68.7 Å². The Hall–Kier alpha value is -2.70. The molecule has 2 fully saturated rings. The summed E-state index contributed by atoms with van der Waals surface area (Å²) in [5.41, 5.74) is 2.08. The van der Waals surface area contributed by atoms with Crippen LogP contribution in [0.5, 0.6) is 0 Å². The van der Waals surface area contributed by atoms with Gasteiger partial charge in [-0.15, -0.1) is 0 Å². The van der Waals surface area contributed by atoms with E-state index < -0.39 is 0 Å². The van der Waals surface area contributed by atoms with Gasteiger partial charge in [0.1, 0.15) is 0 Å². The van der Waals surface area contributed by atoms with Crippen LogP contribution >= 0.6 is 0 Å². The van der Waals surface area contributed by atoms with Gasteiger partial charge in [0.2, 0.25) is 11.8 Å². The van der Waals surface area contributed by atoms with Gasteiger partial charge in [-0.05, 0) is 37.0 Å². The molecule has 2 amide bonds. The lowest BCUT2D eigenvalue weighted by Gasteiger charge is -2.48. The van der Waals surface area contributed by atoms with E-state index in [0.717, 1.165) is 56.6 Å². The number of piperidine rings is 2. The first-order valence-electron chi connectivity index (χ1n) is 10.1. The molecule has 2 aliphatic rings. The molecule has 148 valence electrons. The first-order chi connectivity index (χ1) is 13.6. The first-order valence-corrected chi connectivity index (χ1v) is 10.1. The van der Waals surface area contributed by atoms with Crippen LogP contribution < -0.4 is 0 Å². The highest BCUT2D eigenvalue weighted by atomic mass is 16.2. The summed E-state index contributed by atoms with van der Waals surface area (Å²) in [7, 11) is 0. The Kier molecular flexibility index (Phi) is 5.41. The van der Waals surface area contributed by atoms with Gasteiger partial charge in [-0.3, -0.25) is 14.6 Å². The van der Waals surface area contributed by atoms with E-state index in [2.05, 4.69) is 15.0 Å². The first kappa shape index (κ1) is 18.7. The topological polar surface area (TPSA) is 82.2 Å². The zero-order chi connectivity index (χ0) is 19.4. The third kappa shape index (κ3) is 4.24. The number of H-pyrrole nitrogens is 1. The minimum atomic E-state index is 0.0358. The normalized spacial score (nSPS) is 22.6. The number of carbonyl (C=O) groups is 2. The number of nitrogens with one attached hydrogen (secondary N) is 1. The van der Waals surface area contributed by atoms with Gasteiger partial charge >= 0.3 is 0 Å². The van der Waals surface area contributed by atoms with Crippen molar-refractivity contribution in [1.29, 1.82) is 0 Å². The van der Waals surface area contributed by atoms with Crippen molar-refractivity contribution in [2.24, 2.45) is 5.41 Å². The average Bonchev–Trinajstić information content (AvgIpc) is 3.23.